The number of nitrogens with zero attached hydrogens (tertiary/aromatic N) is 5. The first-order valence-electron chi connectivity index (χ1n) is 25.0. The van der Waals surface area contributed by atoms with Crippen LogP contribution in [0.15, 0.2) is 65.5 Å². The number of aryl methyl sites for hydroxylation is 1. The number of hydrogen-bond acceptors (Lipinski definition) is 15. The number of likely N-dealkylation sites (tertiary alicyclic amines) is 1. The van der Waals surface area contributed by atoms with Crippen LogP contribution in [0.1, 0.15) is 112 Å². The van der Waals surface area contributed by atoms with Gasteiger partial charge in [-0.2, -0.15) is 0 Å². The number of amidine groups is 1. The number of carbonyl (C=O) groups excluding carboxylic acids is 4. The van der Waals surface area contributed by atoms with Gasteiger partial charge >= 0.3 is 5.97 Å². The molecule has 0 saturated carbocycles. The van der Waals surface area contributed by atoms with E-state index in [1.807, 2.05) is 59.0 Å². The molecule has 2 aromatic heterocycles. The number of aromatic hydroxyl groups is 3. The van der Waals surface area contributed by atoms with Gasteiger partial charge in [0.2, 0.25) is 5.91 Å². The van der Waals surface area contributed by atoms with Crippen LogP contribution in [0.3, 0.4) is 0 Å². The number of phenols is 3. The summed E-state index contributed by atoms with van der Waals surface area (Å²) in [4.78, 5) is 74.9. The summed E-state index contributed by atoms with van der Waals surface area (Å²) in [5.74, 6) is -1.16. The van der Waals surface area contributed by atoms with Gasteiger partial charge in [0.1, 0.15) is 41.6 Å². The predicted molar refractivity (Wildman–Crippen MR) is 286 cm³/mol. The highest BCUT2D eigenvalue weighted by Crippen LogP contribution is 2.41. The van der Waals surface area contributed by atoms with Crippen molar-refractivity contribution in [3.05, 3.63) is 110 Å². The zero-order valence-electron chi connectivity index (χ0n) is 43.9. The van der Waals surface area contributed by atoms with E-state index < -0.39 is 11.6 Å². The molecule has 2 aliphatic rings. The van der Waals surface area contributed by atoms with E-state index in [0.29, 0.717) is 85.3 Å². The van der Waals surface area contributed by atoms with E-state index in [4.69, 9.17) is 25.3 Å². The average molecular weight is 1020 g/mol. The molecule has 74 heavy (non-hydrogen) atoms. The number of benzene rings is 3. The fourth-order valence-corrected chi connectivity index (χ4v) is 9.54. The summed E-state index contributed by atoms with van der Waals surface area (Å²) in [6, 6.07) is 17.1. The maximum absolute atomic E-state index is 14.2. The number of rotatable bonds is 19. The Morgan fingerprint density at radius 2 is 1.66 bits per heavy atom. The number of pyridine rings is 2. The van der Waals surface area contributed by atoms with Crippen molar-refractivity contribution in [2.24, 2.45) is 5.92 Å². The molecule has 1 amide bonds. The number of carbonyl (C=O) groups is 4. The highest BCUT2D eigenvalue weighted by Gasteiger charge is 2.37. The van der Waals surface area contributed by atoms with Crippen molar-refractivity contribution in [2.75, 3.05) is 51.7 Å². The summed E-state index contributed by atoms with van der Waals surface area (Å²) in [5.41, 5.74) is 4.97. The van der Waals surface area contributed by atoms with Gasteiger partial charge in [-0.25, -0.2) is 4.98 Å². The highest BCUT2D eigenvalue weighted by atomic mass is 16.6. The van der Waals surface area contributed by atoms with Crippen LogP contribution in [-0.2, 0) is 60.4 Å². The third-order valence-corrected chi connectivity index (χ3v) is 13.9. The zero-order valence-corrected chi connectivity index (χ0v) is 43.9. The molecule has 0 aliphatic carbocycles. The molecule has 18 nitrogen and oxygen atoms in total. The smallest absolute Gasteiger partial charge is 0.308 e. The van der Waals surface area contributed by atoms with Gasteiger partial charge in [-0.05, 0) is 131 Å². The summed E-state index contributed by atoms with van der Waals surface area (Å²) in [7, 11) is 3.61. The standard InChI is InChI=1S/C52H60N6O10.C3H9N.CH3N/c1-7-36-38-23-35(61)13-14-43(38)54-48-40(36)28-58-44(48)25-42(41(51(58)66)29-67-30-60)52(5,8-2)68-47(64)17-18-55(6)50(65)33-15-19-56(20-16-33)27-32-9-11-34(12-10-32)57(21-22-59)49(53)39-24-37(31(3)4)45(62)26-46(39)63;1-3-4-2;1-2/h9-14,22-26,30-31,33,53,61-63H,7-8,15-21,27-29H2,1-6H3;4H,3H2,1-2H3;2H,1H2. The van der Waals surface area contributed by atoms with Crippen LogP contribution >= 0.6 is 0 Å². The lowest BCUT2D eigenvalue weighted by Gasteiger charge is -2.33. The van der Waals surface area contributed by atoms with E-state index in [-0.39, 0.29) is 96.6 Å². The van der Waals surface area contributed by atoms with E-state index in [1.165, 1.54) is 11.0 Å². The van der Waals surface area contributed by atoms with Gasteiger partial charge in [0.25, 0.3) is 12.0 Å². The zero-order chi connectivity index (χ0) is 54.4. The largest absolute Gasteiger partial charge is 0.508 e. The minimum absolute atomic E-state index is 0.0508. The lowest BCUT2D eigenvalue weighted by molar-refractivity contribution is -0.160. The van der Waals surface area contributed by atoms with Crippen LogP contribution in [0.25, 0.3) is 22.3 Å². The number of aldehydes is 1. The van der Waals surface area contributed by atoms with Gasteiger partial charge in [-0.1, -0.05) is 46.8 Å². The summed E-state index contributed by atoms with van der Waals surface area (Å²) in [5, 5.41) is 49.3. The second kappa shape index (κ2) is 26.0. The molecule has 1 saturated heterocycles. The van der Waals surface area contributed by atoms with Gasteiger partial charge in [0, 0.05) is 54.3 Å². The van der Waals surface area contributed by atoms with E-state index in [9.17, 15) is 39.3 Å². The number of ether oxygens (including phenoxy) is 2. The van der Waals surface area contributed by atoms with Crippen molar-refractivity contribution in [3.63, 3.8) is 0 Å². The number of phenolic OH excluding ortho intramolecular Hbond substituents is 3. The first-order valence-corrected chi connectivity index (χ1v) is 25.0. The van der Waals surface area contributed by atoms with E-state index in [2.05, 4.69) is 23.9 Å². The fourth-order valence-electron chi connectivity index (χ4n) is 9.54. The molecule has 396 valence electrons. The molecule has 6 N–H and O–H groups in total. The minimum Gasteiger partial charge on any atom is -0.508 e. The van der Waals surface area contributed by atoms with E-state index >= 15 is 0 Å². The van der Waals surface area contributed by atoms with Crippen molar-refractivity contribution in [3.8, 4) is 28.6 Å². The molecule has 1 fully saturated rings. The summed E-state index contributed by atoms with van der Waals surface area (Å²) in [6.07, 6.45) is 2.80. The quantitative estimate of drug-likeness (QED) is 0.0201. The summed E-state index contributed by atoms with van der Waals surface area (Å²) < 4.78 is 12.9. The second-order valence-corrected chi connectivity index (χ2v) is 18.9. The topological polar surface area (TPSA) is 252 Å². The number of aromatic nitrogens is 2. The average Bonchev–Trinajstić information content (AvgIpc) is 3.77. The first kappa shape index (κ1) is 57.5. The maximum atomic E-state index is 14.2. The number of hydrogen-bond donors (Lipinski definition) is 6. The number of esters is 1. The summed E-state index contributed by atoms with van der Waals surface area (Å²) >= 11 is 0. The Morgan fingerprint density at radius 1 is 0.986 bits per heavy atom. The molecule has 4 heterocycles. The molecule has 7 rings (SSSR count). The molecule has 5 aromatic rings. The molecule has 18 heteroatoms. The van der Waals surface area contributed by atoms with Gasteiger partial charge in [-0.3, -0.25) is 29.5 Å². The van der Waals surface area contributed by atoms with Crippen molar-refractivity contribution in [1.82, 2.24) is 24.7 Å². The fraction of sp³-hybridized carbons (Fsp3) is 0.429. The molecule has 2 aliphatic heterocycles. The number of nitrogens with one attached hydrogen (secondary N) is 3. The number of piperidine rings is 1. The van der Waals surface area contributed by atoms with E-state index in [0.717, 1.165) is 28.6 Å². The third-order valence-electron chi connectivity index (χ3n) is 13.9. The molecule has 0 bridgehead atoms. The lowest BCUT2D eigenvalue weighted by atomic mass is 9.88. The van der Waals surface area contributed by atoms with Crippen LogP contribution in [0.2, 0.25) is 0 Å². The Bertz CT molecular complexity index is 2880. The van der Waals surface area contributed by atoms with Crippen molar-refractivity contribution >= 4 is 53.8 Å². The van der Waals surface area contributed by atoms with Crippen LogP contribution in [0.4, 0.5) is 5.69 Å². The Hall–Kier alpha value is -7.44. The lowest BCUT2D eigenvalue weighted by Crippen LogP contribution is -2.42. The molecular formula is C56H72N8O10. The van der Waals surface area contributed by atoms with Crippen LogP contribution < -0.4 is 15.8 Å². The number of amides is 1. The SMILES string of the molecule is C=N.CCNC.CCc1c2c(nc3ccc(O)cc13)-c1cc(C(C)(CC)OC(=O)CCN(C)C(=O)C3CCN(Cc4ccc(N(CC=O)C(=N)c5cc(C(C)C)c(O)cc5O)cc4)CC3)c(COC=O)c(=O)n1C2. The van der Waals surface area contributed by atoms with Gasteiger partial charge in [0.05, 0.1) is 47.5 Å². The predicted octanol–water partition coefficient (Wildman–Crippen LogP) is 7.35. The molecule has 3 aromatic carbocycles. The molecule has 1 atom stereocenters. The van der Waals surface area contributed by atoms with Crippen molar-refractivity contribution in [2.45, 2.75) is 105 Å². The number of fused-ring (bicyclic) bond motifs is 4. The molecule has 1 unspecified atom stereocenters. The van der Waals surface area contributed by atoms with Crippen molar-refractivity contribution < 1.29 is 44.0 Å². The van der Waals surface area contributed by atoms with Crippen LogP contribution in [0, 0.1) is 16.7 Å². The Labute approximate surface area is 432 Å². The van der Waals surface area contributed by atoms with Gasteiger partial charge < -0.3 is 54.7 Å². The van der Waals surface area contributed by atoms with Gasteiger partial charge in [-0.15, -0.1) is 0 Å². The third kappa shape index (κ3) is 12.8. The summed E-state index contributed by atoms with van der Waals surface area (Å²) in [6.45, 7) is 17.2. The first-order chi connectivity index (χ1) is 35.4. The normalized spacial score (nSPS) is 13.8. The highest BCUT2D eigenvalue weighted by molar-refractivity contribution is 6.11. The molecule has 0 spiro atoms. The maximum Gasteiger partial charge on any atom is 0.308 e. The van der Waals surface area contributed by atoms with Crippen LogP contribution in [0.5, 0.6) is 17.2 Å². The molecular weight excluding hydrogens is 945 g/mol. The second-order valence-electron chi connectivity index (χ2n) is 18.9. The van der Waals surface area contributed by atoms with Crippen LogP contribution in [-0.4, -0.2) is 119 Å². The Balaban J connectivity index is 0.00000161. The number of anilines is 1. The Kier molecular flexibility index (Phi) is 20.2. The van der Waals surface area contributed by atoms with E-state index in [1.54, 1.807) is 53.8 Å². The minimum atomic E-state index is -1.30. The van der Waals surface area contributed by atoms with Crippen molar-refractivity contribution in [1.29, 1.82) is 10.8 Å². The van der Waals surface area contributed by atoms with Gasteiger partial charge in [0.15, 0.2) is 0 Å². The monoisotopic (exact) mass is 1020 g/mol. The molecule has 0 radical (unpaired) electrons. The Morgan fingerprint density at radius 3 is 2.26 bits per heavy atom.